The average molecular weight is 270 g/mol. The Kier molecular flexibility index (Phi) is 6.32. The monoisotopic (exact) mass is 270 g/mol. The number of nitrogens with two attached hydrogens (primary N) is 1. The highest BCUT2D eigenvalue weighted by molar-refractivity contribution is 5.89. The number of amides is 2. The standard InChI is InChI=1S/C13H22N2O4/c14-13(19)10(8-12(17)18)15-11(16)7-6-9-4-2-1-3-5-9/h9-10H,1-8H2,(H2,14,19)(H,15,16)(H,17,18)/t10-/m0/s1. The van der Waals surface area contributed by atoms with Crippen molar-refractivity contribution in [3.05, 3.63) is 0 Å². The van der Waals surface area contributed by atoms with E-state index in [1.165, 1.54) is 19.3 Å². The Hall–Kier alpha value is -1.59. The predicted octanol–water partition coefficient (Wildman–Crippen LogP) is 0.792. The van der Waals surface area contributed by atoms with Crippen LogP contribution in [0.4, 0.5) is 0 Å². The molecule has 4 N–H and O–H groups in total. The first kappa shape index (κ1) is 15.5. The SMILES string of the molecule is NC(=O)[C@H](CC(=O)O)NC(=O)CCC1CCCCC1. The van der Waals surface area contributed by atoms with E-state index in [4.69, 9.17) is 10.8 Å². The highest BCUT2D eigenvalue weighted by Gasteiger charge is 2.22. The summed E-state index contributed by atoms with van der Waals surface area (Å²) < 4.78 is 0. The minimum absolute atomic E-state index is 0.296. The Morgan fingerprint density at radius 3 is 2.37 bits per heavy atom. The third-order valence-corrected chi connectivity index (χ3v) is 3.56. The second kappa shape index (κ2) is 7.76. The van der Waals surface area contributed by atoms with E-state index in [2.05, 4.69) is 5.32 Å². The molecule has 0 saturated heterocycles. The summed E-state index contributed by atoms with van der Waals surface area (Å²) in [5.74, 6) is -1.69. The molecule has 0 heterocycles. The van der Waals surface area contributed by atoms with Crippen molar-refractivity contribution in [2.75, 3.05) is 0 Å². The fourth-order valence-corrected chi connectivity index (χ4v) is 2.47. The minimum atomic E-state index is -1.16. The molecule has 19 heavy (non-hydrogen) atoms. The maximum atomic E-state index is 11.7. The number of aliphatic carboxylic acids is 1. The molecule has 0 radical (unpaired) electrons. The average Bonchev–Trinajstić information content (AvgIpc) is 2.36. The van der Waals surface area contributed by atoms with Crippen LogP contribution >= 0.6 is 0 Å². The van der Waals surface area contributed by atoms with Crippen LogP contribution in [-0.2, 0) is 14.4 Å². The lowest BCUT2D eigenvalue weighted by atomic mass is 9.86. The van der Waals surface area contributed by atoms with E-state index < -0.39 is 24.3 Å². The molecular formula is C13H22N2O4. The zero-order valence-corrected chi connectivity index (χ0v) is 11.1. The van der Waals surface area contributed by atoms with Gasteiger partial charge in [0.05, 0.1) is 6.42 Å². The number of carbonyl (C=O) groups excluding carboxylic acids is 2. The first-order valence-electron chi connectivity index (χ1n) is 6.79. The molecule has 0 aromatic heterocycles. The van der Waals surface area contributed by atoms with Crippen molar-refractivity contribution in [3.63, 3.8) is 0 Å². The van der Waals surface area contributed by atoms with Gasteiger partial charge >= 0.3 is 5.97 Å². The van der Waals surface area contributed by atoms with E-state index in [-0.39, 0.29) is 5.91 Å². The van der Waals surface area contributed by atoms with Crippen molar-refractivity contribution < 1.29 is 19.5 Å². The van der Waals surface area contributed by atoms with E-state index in [1.54, 1.807) is 0 Å². The molecule has 0 spiro atoms. The fourth-order valence-electron chi connectivity index (χ4n) is 2.47. The van der Waals surface area contributed by atoms with Crippen LogP contribution in [0.1, 0.15) is 51.4 Å². The molecule has 1 fully saturated rings. The van der Waals surface area contributed by atoms with Crippen molar-refractivity contribution in [2.24, 2.45) is 11.7 Å². The lowest BCUT2D eigenvalue weighted by Crippen LogP contribution is -2.45. The summed E-state index contributed by atoms with van der Waals surface area (Å²) in [6.07, 6.45) is 6.67. The largest absolute Gasteiger partial charge is 0.481 e. The van der Waals surface area contributed by atoms with Gasteiger partial charge in [-0.3, -0.25) is 14.4 Å². The van der Waals surface area contributed by atoms with E-state index in [0.717, 1.165) is 19.3 Å². The molecule has 0 aromatic rings. The van der Waals surface area contributed by atoms with Crippen molar-refractivity contribution in [1.29, 1.82) is 0 Å². The molecule has 1 aliphatic rings. The maximum Gasteiger partial charge on any atom is 0.305 e. The van der Waals surface area contributed by atoms with Gasteiger partial charge in [0.2, 0.25) is 11.8 Å². The summed E-state index contributed by atoms with van der Waals surface area (Å²) in [5, 5.41) is 11.0. The summed E-state index contributed by atoms with van der Waals surface area (Å²) in [4.78, 5) is 33.2. The summed E-state index contributed by atoms with van der Waals surface area (Å²) in [7, 11) is 0. The summed E-state index contributed by atoms with van der Waals surface area (Å²) in [6, 6.07) is -1.11. The van der Waals surface area contributed by atoms with Gasteiger partial charge in [-0.05, 0) is 12.3 Å². The summed E-state index contributed by atoms with van der Waals surface area (Å²) in [5.41, 5.74) is 5.06. The van der Waals surface area contributed by atoms with E-state index in [0.29, 0.717) is 12.3 Å². The molecule has 1 atom stereocenters. The van der Waals surface area contributed by atoms with Gasteiger partial charge in [0.15, 0.2) is 0 Å². The summed E-state index contributed by atoms with van der Waals surface area (Å²) in [6.45, 7) is 0. The van der Waals surface area contributed by atoms with E-state index >= 15 is 0 Å². The maximum absolute atomic E-state index is 11.7. The molecule has 6 nitrogen and oxygen atoms in total. The third-order valence-electron chi connectivity index (χ3n) is 3.56. The number of primary amides is 1. The van der Waals surface area contributed by atoms with Crippen molar-refractivity contribution in [1.82, 2.24) is 5.32 Å². The van der Waals surface area contributed by atoms with Crippen LogP contribution in [0.25, 0.3) is 0 Å². The molecule has 0 aliphatic heterocycles. The smallest absolute Gasteiger partial charge is 0.305 e. The molecule has 108 valence electrons. The predicted molar refractivity (Wildman–Crippen MR) is 69.2 cm³/mol. The number of rotatable bonds is 7. The van der Waals surface area contributed by atoms with Gasteiger partial charge in [-0.2, -0.15) is 0 Å². The number of carboxylic acids is 1. The fraction of sp³-hybridized carbons (Fsp3) is 0.769. The molecule has 1 rings (SSSR count). The highest BCUT2D eigenvalue weighted by atomic mass is 16.4. The Morgan fingerprint density at radius 1 is 1.21 bits per heavy atom. The second-order valence-corrected chi connectivity index (χ2v) is 5.16. The molecule has 1 aliphatic carbocycles. The van der Waals surface area contributed by atoms with Crippen LogP contribution < -0.4 is 11.1 Å². The van der Waals surface area contributed by atoms with Gasteiger partial charge in [-0.25, -0.2) is 0 Å². The first-order chi connectivity index (χ1) is 8.99. The van der Waals surface area contributed by atoms with Gasteiger partial charge < -0.3 is 16.2 Å². The zero-order valence-electron chi connectivity index (χ0n) is 11.1. The van der Waals surface area contributed by atoms with Crippen molar-refractivity contribution >= 4 is 17.8 Å². The van der Waals surface area contributed by atoms with Crippen LogP contribution in [0, 0.1) is 5.92 Å². The van der Waals surface area contributed by atoms with Gasteiger partial charge in [-0.1, -0.05) is 32.1 Å². The van der Waals surface area contributed by atoms with Crippen molar-refractivity contribution in [3.8, 4) is 0 Å². The second-order valence-electron chi connectivity index (χ2n) is 5.16. The third kappa shape index (κ3) is 6.22. The first-order valence-corrected chi connectivity index (χ1v) is 6.79. The quantitative estimate of drug-likeness (QED) is 0.635. The van der Waals surface area contributed by atoms with Crippen LogP contribution in [0.3, 0.4) is 0 Å². The molecule has 0 aromatic carbocycles. The normalized spacial score (nSPS) is 17.7. The topological polar surface area (TPSA) is 109 Å². The van der Waals surface area contributed by atoms with Gasteiger partial charge in [0.1, 0.15) is 6.04 Å². The molecule has 0 unspecified atom stereocenters. The molecule has 6 heteroatoms. The Morgan fingerprint density at radius 2 is 1.84 bits per heavy atom. The van der Waals surface area contributed by atoms with Crippen LogP contribution in [-0.4, -0.2) is 28.9 Å². The lowest BCUT2D eigenvalue weighted by molar-refractivity contribution is -0.140. The Balaban J connectivity index is 2.31. The number of hydrogen-bond donors (Lipinski definition) is 3. The number of carboxylic acid groups (broad SMARTS) is 1. The van der Waals surface area contributed by atoms with Gasteiger partial charge in [0.25, 0.3) is 0 Å². The Labute approximate surface area is 112 Å². The number of carbonyl (C=O) groups is 3. The van der Waals surface area contributed by atoms with E-state index in [9.17, 15) is 14.4 Å². The van der Waals surface area contributed by atoms with Gasteiger partial charge in [-0.15, -0.1) is 0 Å². The van der Waals surface area contributed by atoms with Crippen LogP contribution in [0.5, 0.6) is 0 Å². The highest BCUT2D eigenvalue weighted by Crippen LogP contribution is 2.27. The summed E-state index contributed by atoms with van der Waals surface area (Å²) >= 11 is 0. The Bertz CT molecular complexity index is 338. The van der Waals surface area contributed by atoms with Gasteiger partial charge in [0, 0.05) is 6.42 Å². The molecule has 0 bridgehead atoms. The zero-order chi connectivity index (χ0) is 14.3. The van der Waals surface area contributed by atoms with Crippen molar-refractivity contribution in [2.45, 2.75) is 57.4 Å². The molecule has 2 amide bonds. The lowest BCUT2D eigenvalue weighted by Gasteiger charge is -2.21. The minimum Gasteiger partial charge on any atom is -0.481 e. The van der Waals surface area contributed by atoms with E-state index in [1.807, 2.05) is 0 Å². The molecular weight excluding hydrogens is 248 g/mol. The number of hydrogen-bond acceptors (Lipinski definition) is 3. The van der Waals surface area contributed by atoms with Crippen LogP contribution in [0.2, 0.25) is 0 Å². The van der Waals surface area contributed by atoms with Crippen LogP contribution in [0.15, 0.2) is 0 Å². The number of nitrogens with one attached hydrogen (secondary N) is 1. The molecule has 1 saturated carbocycles.